The summed E-state index contributed by atoms with van der Waals surface area (Å²) in [5, 5.41) is 0. The Balaban J connectivity index is 1.68. The molecule has 0 aliphatic carbocycles. The summed E-state index contributed by atoms with van der Waals surface area (Å²) in [5.41, 5.74) is 2.32. The van der Waals surface area contributed by atoms with E-state index in [4.69, 9.17) is 4.74 Å². The lowest BCUT2D eigenvalue weighted by molar-refractivity contribution is -0.134. The fraction of sp³-hybridized carbons (Fsp3) is 0.682. The molecule has 0 aromatic heterocycles. The van der Waals surface area contributed by atoms with Crippen molar-refractivity contribution >= 4 is 15.7 Å². The number of aryl methyl sites for hydroxylation is 1. The van der Waals surface area contributed by atoms with Gasteiger partial charge in [-0.3, -0.25) is 9.69 Å². The van der Waals surface area contributed by atoms with Gasteiger partial charge in [-0.15, -0.1) is 0 Å². The fourth-order valence-corrected chi connectivity index (χ4v) is 5.97. The van der Waals surface area contributed by atoms with E-state index in [1.165, 1.54) is 5.56 Å². The smallest absolute Gasteiger partial charge is 0.237 e. The molecule has 1 aromatic carbocycles. The average molecular weight is 423 g/mol. The minimum Gasteiger partial charge on any atom is -0.377 e. The summed E-state index contributed by atoms with van der Waals surface area (Å²) in [6.45, 7) is 7.06. The number of amides is 1. The second kappa shape index (κ2) is 10.0. The zero-order chi connectivity index (χ0) is 20.9. The molecule has 1 amide bonds. The van der Waals surface area contributed by atoms with E-state index in [-0.39, 0.29) is 36.1 Å². The van der Waals surface area contributed by atoms with E-state index in [9.17, 15) is 13.2 Å². The molecule has 29 heavy (non-hydrogen) atoms. The normalized spacial score (nSPS) is 23.6. The van der Waals surface area contributed by atoms with Gasteiger partial charge in [0.05, 0.1) is 24.2 Å². The summed E-state index contributed by atoms with van der Waals surface area (Å²) in [6.07, 6.45) is 3.61. The summed E-state index contributed by atoms with van der Waals surface area (Å²) < 4.78 is 29.8. The zero-order valence-corrected chi connectivity index (χ0v) is 18.5. The van der Waals surface area contributed by atoms with Gasteiger partial charge in [-0.05, 0) is 38.2 Å². The first-order valence-corrected chi connectivity index (χ1v) is 12.6. The van der Waals surface area contributed by atoms with E-state index in [2.05, 4.69) is 43.0 Å². The maximum Gasteiger partial charge on any atom is 0.237 e. The molecule has 2 aliphatic rings. The lowest BCUT2D eigenvalue weighted by Crippen LogP contribution is -2.47. The maximum absolute atomic E-state index is 13.2. The number of rotatable bonds is 9. The number of ether oxygens (including phenoxy) is 1. The Hall–Kier alpha value is -1.44. The summed E-state index contributed by atoms with van der Waals surface area (Å²) in [6, 6.07) is 8.18. The Morgan fingerprint density at radius 1 is 1.21 bits per heavy atom. The van der Waals surface area contributed by atoms with Gasteiger partial charge in [0.25, 0.3) is 0 Å². The van der Waals surface area contributed by atoms with Gasteiger partial charge >= 0.3 is 0 Å². The third kappa shape index (κ3) is 6.52. The topological polar surface area (TPSA) is 66.9 Å². The predicted octanol–water partition coefficient (Wildman–Crippen LogP) is 2.40. The standard InChI is InChI=1S/C22H34N2O4S/c1-3-11-23(14-19-8-6-18(2)7-9-19)22(25)16-24(15-21-5-4-12-28-21)20-10-13-29(26,27)17-20/h6-9,20-21H,3-5,10-17H2,1-2H3. The first-order valence-electron chi connectivity index (χ1n) is 10.8. The van der Waals surface area contributed by atoms with E-state index in [0.717, 1.165) is 31.4 Å². The molecule has 1 aromatic rings. The Labute approximate surface area is 175 Å². The molecule has 2 atom stereocenters. The summed E-state index contributed by atoms with van der Waals surface area (Å²) in [5.74, 6) is 0.434. The van der Waals surface area contributed by atoms with Crippen LogP contribution >= 0.6 is 0 Å². The third-order valence-corrected chi connectivity index (χ3v) is 7.62. The van der Waals surface area contributed by atoms with Gasteiger partial charge in [0.15, 0.2) is 9.84 Å². The molecule has 0 spiro atoms. The Morgan fingerprint density at radius 3 is 2.55 bits per heavy atom. The zero-order valence-electron chi connectivity index (χ0n) is 17.7. The highest BCUT2D eigenvalue weighted by molar-refractivity contribution is 7.91. The van der Waals surface area contributed by atoms with Crippen LogP contribution in [-0.4, -0.2) is 74.0 Å². The molecule has 162 valence electrons. The van der Waals surface area contributed by atoms with Crippen LogP contribution in [0.2, 0.25) is 0 Å². The van der Waals surface area contributed by atoms with Crippen molar-refractivity contribution in [2.75, 3.05) is 37.7 Å². The van der Waals surface area contributed by atoms with E-state index < -0.39 is 9.84 Å². The predicted molar refractivity (Wildman–Crippen MR) is 114 cm³/mol. The molecule has 2 fully saturated rings. The van der Waals surface area contributed by atoms with Crippen molar-refractivity contribution in [1.82, 2.24) is 9.80 Å². The van der Waals surface area contributed by atoms with Crippen LogP contribution < -0.4 is 0 Å². The number of hydrogen-bond donors (Lipinski definition) is 0. The van der Waals surface area contributed by atoms with Crippen molar-refractivity contribution in [2.24, 2.45) is 0 Å². The van der Waals surface area contributed by atoms with Crippen molar-refractivity contribution in [1.29, 1.82) is 0 Å². The Morgan fingerprint density at radius 2 is 1.97 bits per heavy atom. The second-order valence-corrected chi connectivity index (χ2v) is 10.7. The quantitative estimate of drug-likeness (QED) is 0.611. The first kappa shape index (κ1) is 22.2. The minimum atomic E-state index is -3.00. The molecule has 0 saturated carbocycles. The van der Waals surface area contributed by atoms with Crippen LogP contribution in [0.4, 0.5) is 0 Å². The molecule has 2 saturated heterocycles. The van der Waals surface area contributed by atoms with Gasteiger partial charge in [-0.25, -0.2) is 8.42 Å². The number of benzene rings is 1. The molecule has 2 aliphatic heterocycles. The van der Waals surface area contributed by atoms with Crippen LogP contribution in [-0.2, 0) is 25.9 Å². The first-order chi connectivity index (χ1) is 13.9. The van der Waals surface area contributed by atoms with E-state index in [1.54, 1.807) is 0 Å². The largest absolute Gasteiger partial charge is 0.377 e. The van der Waals surface area contributed by atoms with Gasteiger partial charge in [0, 0.05) is 32.3 Å². The number of carbonyl (C=O) groups excluding carboxylic acids is 1. The lowest BCUT2D eigenvalue weighted by Gasteiger charge is -2.32. The molecule has 7 heteroatoms. The molecule has 2 heterocycles. The molecular formula is C22H34N2O4S. The van der Waals surface area contributed by atoms with Crippen molar-refractivity contribution in [3.8, 4) is 0 Å². The van der Waals surface area contributed by atoms with Crippen LogP contribution in [0.15, 0.2) is 24.3 Å². The summed E-state index contributed by atoms with van der Waals surface area (Å²) >= 11 is 0. The number of nitrogens with zero attached hydrogens (tertiary/aromatic N) is 2. The van der Waals surface area contributed by atoms with Gasteiger partial charge in [-0.2, -0.15) is 0 Å². The highest BCUT2D eigenvalue weighted by atomic mass is 32.2. The van der Waals surface area contributed by atoms with Crippen LogP contribution in [0.5, 0.6) is 0 Å². The minimum absolute atomic E-state index is 0.0646. The van der Waals surface area contributed by atoms with Gasteiger partial charge in [0.1, 0.15) is 0 Å². The van der Waals surface area contributed by atoms with Gasteiger partial charge in [-0.1, -0.05) is 36.8 Å². The molecule has 3 rings (SSSR count). The Kier molecular flexibility index (Phi) is 7.71. The average Bonchev–Trinajstić information content (AvgIpc) is 3.31. The highest BCUT2D eigenvalue weighted by Crippen LogP contribution is 2.22. The monoisotopic (exact) mass is 422 g/mol. The van der Waals surface area contributed by atoms with Crippen molar-refractivity contribution < 1.29 is 17.9 Å². The van der Waals surface area contributed by atoms with Crippen molar-refractivity contribution in [3.05, 3.63) is 35.4 Å². The van der Waals surface area contributed by atoms with Gasteiger partial charge in [0.2, 0.25) is 5.91 Å². The SMILES string of the molecule is CCCN(Cc1ccc(C)cc1)C(=O)CN(CC1CCCO1)C1CCS(=O)(=O)C1. The molecule has 0 bridgehead atoms. The third-order valence-electron chi connectivity index (χ3n) is 5.87. The van der Waals surface area contributed by atoms with Crippen LogP contribution in [0.3, 0.4) is 0 Å². The number of sulfone groups is 1. The van der Waals surface area contributed by atoms with E-state index >= 15 is 0 Å². The van der Waals surface area contributed by atoms with Crippen LogP contribution in [0.25, 0.3) is 0 Å². The van der Waals surface area contributed by atoms with Crippen LogP contribution in [0, 0.1) is 6.92 Å². The highest BCUT2D eigenvalue weighted by Gasteiger charge is 2.35. The molecule has 2 unspecified atom stereocenters. The van der Waals surface area contributed by atoms with Crippen molar-refractivity contribution in [2.45, 2.75) is 58.2 Å². The van der Waals surface area contributed by atoms with E-state index in [1.807, 2.05) is 4.90 Å². The maximum atomic E-state index is 13.2. The van der Waals surface area contributed by atoms with Crippen LogP contribution in [0.1, 0.15) is 43.7 Å². The second-order valence-electron chi connectivity index (χ2n) is 8.42. The molecule has 0 radical (unpaired) electrons. The number of hydrogen-bond acceptors (Lipinski definition) is 5. The van der Waals surface area contributed by atoms with Gasteiger partial charge < -0.3 is 9.64 Å². The molecule has 0 N–H and O–H groups in total. The molecule has 6 nitrogen and oxygen atoms in total. The summed E-state index contributed by atoms with van der Waals surface area (Å²) in [7, 11) is -3.00. The van der Waals surface area contributed by atoms with E-state index in [0.29, 0.717) is 26.1 Å². The fourth-order valence-electron chi connectivity index (χ4n) is 4.21. The number of carbonyl (C=O) groups is 1. The lowest BCUT2D eigenvalue weighted by atomic mass is 10.1. The Bertz CT molecular complexity index is 773. The summed E-state index contributed by atoms with van der Waals surface area (Å²) in [4.78, 5) is 17.2. The molecular weight excluding hydrogens is 388 g/mol. The van der Waals surface area contributed by atoms with Crippen molar-refractivity contribution in [3.63, 3.8) is 0 Å².